The van der Waals surface area contributed by atoms with Crippen LogP contribution in [0.4, 0.5) is 5.69 Å². The minimum absolute atomic E-state index is 0.855. The molecule has 0 N–H and O–H groups in total. The van der Waals surface area contributed by atoms with E-state index in [1.807, 2.05) is 49.0 Å². The Balaban J connectivity index is 2.36. The van der Waals surface area contributed by atoms with E-state index in [1.165, 1.54) is 0 Å². The molecule has 0 fully saturated rings. The predicted octanol–water partition coefficient (Wildman–Crippen LogP) is 3.77. The Morgan fingerprint density at radius 1 is 1.25 bits per heavy atom. The van der Waals surface area contributed by atoms with Gasteiger partial charge in [0.15, 0.2) is 0 Å². The largest absolute Gasteiger partial charge is 0.543 e. The third-order valence-electron chi connectivity index (χ3n) is 2.76. The molecule has 0 atom stereocenters. The number of hydrogen-bond acceptors (Lipinski definition) is 3. The molecule has 2 rings (SSSR count). The highest BCUT2D eigenvalue weighted by Crippen LogP contribution is 2.29. The zero-order valence-corrected chi connectivity index (χ0v) is 13.7. The number of imidazole rings is 1. The Morgan fingerprint density at radius 2 is 1.95 bits per heavy atom. The first kappa shape index (κ1) is 14.5. The number of para-hydroxylation sites is 2. The van der Waals surface area contributed by atoms with Gasteiger partial charge in [0.1, 0.15) is 11.4 Å². The van der Waals surface area contributed by atoms with E-state index < -0.39 is 8.32 Å². The lowest BCUT2D eigenvalue weighted by Crippen LogP contribution is -2.29. The van der Waals surface area contributed by atoms with E-state index in [9.17, 15) is 0 Å². The first-order valence-corrected chi connectivity index (χ1v) is 10.1. The van der Waals surface area contributed by atoms with Gasteiger partial charge in [-0.2, -0.15) is 0 Å². The maximum atomic E-state index is 6.09. The lowest BCUT2D eigenvalue weighted by atomic mass is 10.2. The fraction of sp³-hybridized carbons (Fsp3) is 0.333. The van der Waals surface area contributed by atoms with Crippen molar-refractivity contribution in [3.05, 3.63) is 42.5 Å². The molecule has 5 heteroatoms. The molecule has 2 aromatic rings. The molecule has 4 nitrogen and oxygen atoms in total. The number of aromatic nitrogens is 2. The number of benzene rings is 1. The van der Waals surface area contributed by atoms with Gasteiger partial charge in [0, 0.05) is 7.05 Å². The third kappa shape index (κ3) is 3.57. The molecular formula is C15H21N3OSi. The van der Waals surface area contributed by atoms with Crippen LogP contribution in [0.1, 0.15) is 12.6 Å². The van der Waals surface area contributed by atoms with Crippen LogP contribution >= 0.6 is 0 Å². The fourth-order valence-electron chi connectivity index (χ4n) is 1.91. The molecule has 0 aliphatic rings. The van der Waals surface area contributed by atoms with Crippen LogP contribution in [0, 0.1) is 0 Å². The topological polar surface area (TPSA) is 39.4 Å². The van der Waals surface area contributed by atoms with Gasteiger partial charge in [-0.1, -0.05) is 12.1 Å². The lowest BCUT2D eigenvalue weighted by molar-refractivity contribution is 0.559. The van der Waals surface area contributed by atoms with Crippen LogP contribution in [-0.2, 0) is 7.05 Å². The summed E-state index contributed by atoms with van der Waals surface area (Å²) >= 11 is 0. The highest BCUT2D eigenvalue weighted by atomic mass is 28.4. The Kier molecular flexibility index (Phi) is 4.08. The number of nitrogens with zero attached hydrogens (tertiary/aromatic N) is 3. The van der Waals surface area contributed by atoms with Crippen molar-refractivity contribution in [3.63, 3.8) is 0 Å². The summed E-state index contributed by atoms with van der Waals surface area (Å²) in [6, 6.07) is 7.92. The van der Waals surface area contributed by atoms with Crippen molar-refractivity contribution in [2.45, 2.75) is 26.6 Å². The number of aryl methyl sites for hydroxylation is 1. The van der Waals surface area contributed by atoms with Gasteiger partial charge in [-0.15, -0.1) is 0 Å². The molecule has 1 heterocycles. The molecule has 0 unspecified atom stereocenters. The average molecular weight is 287 g/mol. The molecule has 0 amide bonds. The minimum atomic E-state index is -1.64. The average Bonchev–Trinajstić information content (AvgIpc) is 2.76. The summed E-state index contributed by atoms with van der Waals surface area (Å²) in [5.74, 6) is 0.855. The van der Waals surface area contributed by atoms with Gasteiger partial charge in [-0.3, -0.25) is 0 Å². The van der Waals surface area contributed by atoms with E-state index in [4.69, 9.17) is 9.42 Å². The Labute approximate surface area is 121 Å². The smallest absolute Gasteiger partial charge is 0.242 e. The highest BCUT2D eigenvalue weighted by molar-refractivity contribution is 6.70. The summed E-state index contributed by atoms with van der Waals surface area (Å²) in [6.07, 6.45) is 3.60. The maximum absolute atomic E-state index is 6.09. The predicted molar refractivity (Wildman–Crippen MR) is 85.5 cm³/mol. The summed E-state index contributed by atoms with van der Waals surface area (Å²) in [4.78, 5) is 8.82. The van der Waals surface area contributed by atoms with Gasteiger partial charge in [0.25, 0.3) is 0 Å². The molecule has 0 saturated heterocycles. The van der Waals surface area contributed by atoms with Crippen LogP contribution in [0.3, 0.4) is 0 Å². The van der Waals surface area contributed by atoms with Crippen molar-refractivity contribution < 1.29 is 4.43 Å². The van der Waals surface area contributed by atoms with E-state index >= 15 is 0 Å². The summed E-state index contributed by atoms with van der Waals surface area (Å²) < 4.78 is 8.05. The SMILES string of the molecule is CC(=Nc1ccccc1O[Si](C)(C)C)c1cncn1C. The second-order valence-electron chi connectivity index (χ2n) is 5.77. The maximum Gasteiger partial charge on any atom is 0.242 e. The first-order chi connectivity index (χ1) is 9.37. The van der Waals surface area contributed by atoms with E-state index in [1.54, 1.807) is 6.33 Å². The molecule has 0 saturated carbocycles. The molecule has 20 heavy (non-hydrogen) atoms. The van der Waals surface area contributed by atoms with Crippen molar-refractivity contribution in [2.24, 2.45) is 12.0 Å². The molecule has 1 aromatic heterocycles. The van der Waals surface area contributed by atoms with Gasteiger partial charge in [0.2, 0.25) is 8.32 Å². The summed E-state index contributed by atoms with van der Waals surface area (Å²) in [5, 5.41) is 0. The number of aliphatic imine (C=N–C) groups is 1. The molecular weight excluding hydrogens is 266 g/mol. The van der Waals surface area contributed by atoms with Crippen molar-refractivity contribution in [2.75, 3.05) is 0 Å². The normalized spacial score (nSPS) is 12.6. The van der Waals surface area contributed by atoms with Gasteiger partial charge >= 0.3 is 0 Å². The van der Waals surface area contributed by atoms with Crippen LogP contribution < -0.4 is 4.43 Å². The second kappa shape index (κ2) is 5.62. The molecule has 0 radical (unpaired) electrons. The van der Waals surface area contributed by atoms with Crippen LogP contribution in [0.15, 0.2) is 41.8 Å². The van der Waals surface area contributed by atoms with Gasteiger partial charge < -0.3 is 8.99 Å². The van der Waals surface area contributed by atoms with Gasteiger partial charge in [-0.25, -0.2) is 9.98 Å². The Hall–Kier alpha value is -1.88. The van der Waals surface area contributed by atoms with Crippen molar-refractivity contribution >= 4 is 19.7 Å². The van der Waals surface area contributed by atoms with Crippen LogP contribution in [-0.4, -0.2) is 23.6 Å². The molecule has 1 aromatic carbocycles. The standard InChI is InChI=1S/C15H21N3OSi/c1-12(14-10-16-11-18(14)2)17-13-8-6-7-9-15(13)19-20(3,4)5/h6-11H,1-5H3. The minimum Gasteiger partial charge on any atom is -0.543 e. The Morgan fingerprint density at radius 3 is 2.55 bits per heavy atom. The van der Waals surface area contributed by atoms with E-state index in [2.05, 4.69) is 24.6 Å². The third-order valence-corrected chi connectivity index (χ3v) is 3.59. The molecule has 0 aliphatic heterocycles. The number of rotatable bonds is 4. The van der Waals surface area contributed by atoms with Crippen LogP contribution in [0.25, 0.3) is 0 Å². The molecule has 0 aliphatic carbocycles. The molecule has 0 bridgehead atoms. The Bertz CT molecular complexity index is 626. The second-order valence-corrected chi connectivity index (χ2v) is 10.2. The van der Waals surface area contributed by atoms with Crippen LogP contribution in [0.5, 0.6) is 5.75 Å². The van der Waals surface area contributed by atoms with Crippen molar-refractivity contribution in [1.29, 1.82) is 0 Å². The summed E-state index contributed by atoms with van der Waals surface area (Å²) in [7, 11) is 0.320. The highest BCUT2D eigenvalue weighted by Gasteiger charge is 2.18. The monoisotopic (exact) mass is 287 g/mol. The van der Waals surface area contributed by atoms with Gasteiger partial charge in [-0.05, 0) is 38.7 Å². The lowest BCUT2D eigenvalue weighted by Gasteiger charge is -2.20. The summed E-state index contributed by atoms with van der Waals surface area (Å²) in [6.45, 7) is 8.49. The zero-order valence-electron chi connectivity index (χ0n) is 12.7. The molecule has 0 spiro atoms. The van der Waals surface area contributed by atoms with E-state index in [0.717, 1.165) is 22.8 Å². The van der Waals surface area contributed by atoms with Crippen LogP contribution in [0.2, 0.25) is 19.6 Å². The van der Waals surface area contributed by atoms with E-state index in [0.29, 0.717) is 0 Å². The summed E-state index contributed by atoms with van der Waals surface area (Å²) in [5.41, 5.74) is 2.80. The van der Waals surface area contributed by atoms with Gasteiger partial charge in [0.05, 0.1) is 23.9 Å². The quantitative estimate of drug-likeness (QED) is 0.634. The molecule has 106 valence electrons. The fourth-order valence-corrected chi connectivity index (χ4v) is 2.74. The van der Waals surface area contributed by atoms with E-state index in [-0.39, 0.29) is 0 Å². The number of hydrogen-bond donors (Lipinski definition) is 0. The first-order valence-electron chi connectivity index (χ1n) is 6.67. The van der Waals surface area contributed by atoms with Crippen molar-refractivity contribution in [1.82, 2.24) is 9.55 Å². The van der Waals surface area contributed by atoms with Crippen molar-refractivity contribution in [3.8, 4) is 5.75 Å². The zero-order chi connectivity index (χ0) is 14.8.